The first-order valence-corrected chi connectivity index (χ1v) is 8.93. The average Bonchev–Trinajstić information content (AvgIpc) is 2.95. The SMILES string of the molecule is CCCC(C)CN1CCC(Cn2cc(CCCO)nn2)CC1. The van der Waals surface area contributed by atoms with Crippen LogP contribution in [0.4, 0.5) is 0 Å². The molecule has 0 saturated carbocycles. The van der Waals surface area contributed by atoms with E-state index in [1.807, 2.05) is 10.9 Å². The van der Waals surface area contributed by atoms with Gasteiger partial charge < -0.3 is 10.0 Å². The summed E-state index contributed by atoms with van der Waals surface area (Å²) in [6, 6.07) is 0. The highest BCUT2D eigenvalue weighted by Gasteiger charge is 2.21. The Bertz CT molecular complexity index is 413. The van der Waals surface area contributed by atoms with Gasteiger partial charge in [0.05, 0.1) is 5.69 Å². The molecule has 1 N–H and O–H groups in total. The van der Waals surface area contributed by atoms with Gasteiger partial charge in [0.2, 0.25) is 0 Å². The minimum Gasteiger partial charge on any atom is -0.396 e. The molecular formula is C17H32N4O. The number of piperidine rings is 1. The lowest BCUT2D eigenvalue weighted by Crippen LogP contribution is -2.37. The second kappa shape index (κ2) is 9.26. The highest BCUT2D eigenvalue weighted by Crippen LogP contribution is 2.20. The Morgan fingerprint density at radius 1 is 1.36 bits per heavy atom. The monoisotopic (exact) mass is 308 g/mol. The number of aliphatic hydroxyl groups excluding tert-OH is 1. The van der Waals surface area contributed by atoms with Crippen molar-refractivity contribution < 1.29 is 5.11 Å². The summed E-state index contributed by atoms with van der Waals surface area (Å²) >= 11 is 0. The number of hydrogen-bond acceptors (Lipinski definition) is 4. The van der Waals surface area contributed by atoms with Crippen LogP contribution in [-0.4, -0.2) is 51.2 Å². The molecule has 22 heavy (non-hydrogen) atoms. The molecule has 5 heteroatoms. The van der Waals surface area contributed by atoms with Crippen molar-refractivity contribution in [3.8, 4) is 0 Å². The molecule has 0 aromatic carbocycles. The lowest BCUT2D eigenvalue weighted by molar-refractivity contribution is 0.150. The normalized spacial score (nSPS) is 18.7. The third-order valence-corrected chi connectivity index (χ3v) is 4.68. The highest BCUT2D eigenvalue weighted by molar-refractivity contribution is 4.92. The zero-order valence-electron chi connectivity index (χ0n) is 14.2. The van der Waals surface area contributed by atoms with E-state index in [0.29, 0.717) is 0 Å². The Morgan fingerprint density at radius 2 is 2.14 bits per heavy atom. The number of hydrogen-bond donors (Lipinski definition) is 1. The van der Waals surface area contributed by atoms with Crippen molar-refractivity contribution in [3.05, 3.63) is 11.9 Å². The van der Waals surface area contributed by atoms with Gasteiger partial charge in [0.25, 0.3) is 0 Å². The van der Waals surface area contributed by atoms with Crippen LogP contribution in [0.25, 0.3) is 0 Å². The lowest BCUT2D eigenvalue weighted by atomic mass is 9.95. The van der Waals surface area contributed by atoms with Crippen molar-refractivity contribution in [3.63, 3.8) is 0 Å². The summed E-state index contributed by atoms with van der Waals surface area (Å²) in [7, 11) is 0. The second-order valence-corrected chi connectivity index (χ2v) is 6.90. The smallest absolute Gasteiger partial charge is 0.0828 e. The zero-order valence-corrected chi connectivity index (χ0v) is 14.2. The van der Waals surface area contributed by atoms with E-state index in [0.717, 1.165) is 36.9 Å². The third-order valence-electron chi connectivity index (χ3n) is 4.68. The van der Waals surface area contributed by atoms with E-state index in [-0.39, 0.29) is 6.61 Å². The summed E-state index contributed by atoms with van der Waals surface area (Å²) in [5.74, 6) is 1.55. The lowest BCUT2D eigenvalue weighted by Gasteiger charge is -2.33. The van der Waals surface area contributed by atoms with Crippen LogP contribution in [0.1, 0.15) is 51.6 Å². The molecule has 0 amide bonds. The molecule has 0 spiro atoms. The van der Waals surface area contributed by atoms with Crippen LogP contribution < -0.4 is 0 Å². The van der Waals surface area contributed by atoms with Crippen molar-refractivity contribution in [1.82, 2.24) is 19.9 Å². The molecule has 1 atom stereocenters. The van der Waals surface area contributed by atoms with Crippen LogP contribution >= 0.6 is 0 Å². The molecule has 2 heterocycles. The standard InChI is InChI=1S/C17H32N4O/c1-3-5-15(2)12-20-9-7-16(8-10-20)13-21-14-17(18-19-21)6-4-11-22/h14-16,22H,3-13H2,1-2H3. The molecule has 1 aliphatic rings. The maximum absolute atomic E-state index is 8.86. The zero-order chi connectivity index (χ0) is 15.8. The van der Waals surface area contributed by atoms with Gasteiger partial charge in [-0.15, -0.1) is 5.10 Å². The topological polar surface area (TPSA) is 54.2 Å². The van der Waals surface area contributed by atoms with Gasteiger partial charge in [0.1, 0.15) is 0 Å². The van der Waals surface area contributed by atoms with Gasteiger partial charge in [0.15, 0.2) is 0 Å². The summed E-state index contributed by atoms with van der Waals surface area (Å²) in [4.78, 5) is 2.63. The van der Waals surface area contributed by atoms with Crippen LogP contribution in [-0.2, 0) is 13.0 Å². The minimum atomic E-state index is 0.224. The van der Waals surface area contributed by atoms with E-state index < -0.39 is 0 Å². The van der Waals surface area contributed by atoms with E-state index in [9.17, 15) is 0 Å². The van der Waals surface area contributed by atoms with Crippen LogP contribution in [0.3, 0.4) is 0 Å². The Labute approximate surface area is 134 Å². The van der Waals surface area contributed by atoms with E-state index in [2.05, 4.69) is 29.1 Å². The Kier molecular flexibility index (Phi) is 7.33. The number of likely N-dealkylation sites (tertiary alicyclic amines) is 1. The van der Waals surface area contributed by atoms with E-state index in [1.165, 1.54) is 45.3 Å². The number of nitrogens with zero attached hydrogens (tertiary/aromatic N) is 4. The van der Waals surface area contributed by atoms with Gasteiger partial charge in [-0.05, 0) is 57.0 Å². The van der Waals surface area contributed by atoms with Crippen LogP contribution in [0.5, 0.6) is 0 Å². The molecule has 5 nitrogen and oxygen atoms in total. The molecular weight excluding hydrogens is 276 g/mol. The van der Waals surface area contributed by atoms with Crippen molar-refractivity contribution in [1.29, 1.82) is 0 Å². The largest absolute Gasteiger partial charge is 0.396 e. The maximum Gasteiger partial charge on any atom is 0.0828 e. The maximum atomic E-state index is 8.86. The van der Waals surface area contributed by atoms with Gasteiger partial charge in [-0.1, -0.05) is 25.5 Å². The van der Waals surface area contributed by atoms with Gasteiger partial charge in [-0.2, -0.15) is 0 Å². The molecule has 1 aliphatic heterocycles. The van der Waals surface area contributed by atoms with Crippen molar-refractivity contribution >= 4 is 0 Å². The minimum absolute atomic E-state index is 0.224. The van der Waals surface area contributed by atoms with Crippen molar-refractivity contribution in [2.75, 3.05) is 26.2 Å². The third kappa shape index (κ3) is 5.69. The molecule has 2 rings (SSSR count). The summed E-state index contributed by atoms with van der Waals surface area (Å²) in [6.07, 6.45) is 8.82. The average molecular weight is 308 g/mol. The predicted octanol–water partition coefficient (Wildman–Crippen LogP) is 2.35. The molecule has 1 unspecified atom stereocenters. The number of rotatable bonds is 9. The first-order valence-electron chi connectivity index (χ1n) is 8.93. The van der Waals surface area contributed by atoms with Gasteiger partial charge in [-0.25, -0.2) is 0 Å². The molecule has 0 radical (unpaired) electrons. The Balaban J connectivity index is 1.69. The van der Waals surface area contributed by atoms with Gasteiger partial charge in [0, 0.05) is 25.9 Å². The highest BCUT2D eigenvalue weighted by atomic mass is 16.2. The summed E-state index contributed by atoms with van der Waals surface area (Å²) in [5.41, 5.74) is 1.000. The Morgan fingerprint density at radius 3 is 2.82 bits per heavy atom. The first-order chi connectivity index (χ1) is 10.7. The first kappa shape index (κ1) is 17.4. The molecule has 1 saturated heterocycles. The molecule has 1 fully saturated rings. The van der Waals surface area contributed by atoms with Gasteiger partial charge in [-0.3, -0.25) is 4.68 Å². The molecule has 0 aliphatic carbocycles. The number of aryl methyl sites for hydroxylation is 1. The Hall–Kier alpha value is -0.940. The van der Waals surface area contributed by atoms with Crippen LogP contribution in [0.15, 0.2) is 6.20 Å². The molecule has 1 aromatic heterocycles. The van der Waals surface area contributed by atoms with E-state index in [1.54, 1.807) is 0 Å². The van der Waals surface area contributed by atoms with E-state index >= 15 is 0 Å². The molecule has 0 bridgehead atoms. The fraction of sp³-hybridized carbons (Fsp3) is 0.882. The quantitative estimate of drug-likeness (QED) is 0.761. The fourth-order valence-corrected chi connectivity index (χ4v) is 3.44. The molecule has 126 valence electrons. The van der Waals surface area contributed by atoms with Crippen molar-refractivity contribution in [2.24, 2.45) is 11.8 Å². The summed E-state index contributed by atoms with van der Waals surface area (Å²) < 4.78 is 1.99. The van der Waals surface area contributed by atoms with Crippen molar-refractivity contribution in [2.45, 2.75) is 58.9 Å². The van der Waals surface area contributed by atoms with Crippen LogP contribution in [0, 0.1) is 11.8 Å². The predicted molar refractivity (Wildman–Crippen MR) is 88.7 cm³/mol. The molecule has 1 aromatic rings. The summed E-state index contributed by atoms with van der Waals surface area (Å²) in [6.45, 7) is 9.58. The number of aliphatic hydroxyl groups is 1. The van der Waals surface area contributed by atoms with Crippen LogP contribution in [0.2, 0.25) is 0 Å². The fourth-order valence-electron chi connectivity index (χ4n) is 3.44. The number of aromatic nitrogens is 3. The summed E-state index contributed by atoms with van der Waals surface area (Å²) in [5, 5.41) is 17.3. The van der Waals surface area contributed by atoms with E-state index in [4.69, 9.17) is 5.11 Å². The second-order valence-electron chi connectivity index (χ2n) is 6.90. The van der Waals surface area contributed by atoms with Gasteiger partial charge >= 0.3 is 0 Å².